The van der Waals surface area contributed by atoms with E-state index in [4.69, 9.17) is 11.6 Å². The lowest BCUT2D eigenvalue weighted by atomic mass is 9.98. The van der Waals surface area contributed by atoms with Crippen LogP contribution >= 0.6 is 27.5 Å². The van der Waals surface area contributed by atoms with Gasteiger partial charge in [-0.1, -0.05) is 11.6 Å². The fourth-order valence-electron chi connectivity index (χ4n) is 2.45. The Hall–Kier alpha value is -0.350. The number of rotatable bonds is 5. The van der Waals surface area contributed by atoms with Gasteiger partial charge in [-0.15, -0.1) is 0 Å². The molecule has 0 unspecified atom stereocenters. The molecule has 1 aromatic heterocycles. The van der Waals surface area contributed by atoms with E-state index in [1.807, 2.05) is 0 Å². The molecule has 2 saturated carbocycles. The Morgan fingerprint density at radius 2 is 1.94 bits per heavy atom. The number of anilines is 1. The molecule has 0 aliphatic heterocycles. The summed E-state index contributed by atoms with van der Waals surface area (Å²) in [6.07, 6.45) is 7.14. The molecule has 17 heavy (non-hydrogen) atoms. The molecular formula is C12H15BrClN3. The molecule has 1 N–H and O–H groups in total. The van der Waals surface area contributed by atoms with Gasteiger partial charge in [0.15, 0.2) is 0 Å². The number of aromatic nitrogens is 2. The molecule has 3 rings (SSSR count). The van der Waals surface area contributed by atoms with Crippen molar-refractivity contribution in [2.24, 2.45) is 17.8 Å². The number of hydrogen-bond acceptors (Lipinski definition) is 3. The van der Waals surface area contributed by atoms with Crippen LogP contribution in [0.3, 0.4) is 0 Å². The number of nitrogens with one attached hydrogen (secondary N) is 1. The van der Waals surface area contributed by atoms with Crippen LogP contribution in [0.25, 0.3) is 0 Å². The summed E-state index contributed by atoms with van der Waals surface area (Å²) in [6.45, 7) is 1.02. The molecule has 0 atom stereocenters. The van der Waals surface area contributed by atoms with Crippen LogP contribution in [0.15, 0.2) is 10.8 Å². The molecule has 3 nitrogen and oxygen atoms in total. The molecule has 1 aromatic rings. The second-order valence-electron chi connectivity index (χ2n) is 5.05. The van der Waals surface area contributed by atoms with Crippen molar-refractivity contribution < 1.29 is 0 Å². The smallest absolute Gasteiger partial charge is 0.148 e. The van der Waals surface area contributed by atoms with Gasteiger partial charge in [-0.25, -0.2) is 9.97 Å². The normalized spacial score (nSPS) is 19.7. The summed E-state index contributed by atoms with van der Waals surface area (Å²) in [5.74, 6) is 3.55. The van der Waals surface area contributed by atoms with E-state index in [9.17, 15) is 0 Å². The third-order valence-corrected chi connectivity index (χ3v) is 4.97. The van der Waals surface area contributed by atoms with Crippen molar-refractivity contribution in [1.29, 1.82) is 0 Å². The van der Waals surface area contributed by atoms with E-state index in [-0.39, 0.29) is 0 Å². The fourth-order valence-corrected chi connectivity index (χ4v) is 2.93. The summed E-state index contributed by atoms with van der Waals surface area (Å²) in [5.41, 5.74) is 0. The quantitative estimate of drug-likeness (QED) is 0.841. The average molecular weight is 317 g/mol. The van der Waals surface area contributed by atoms with Gasteiger partial charge >= 0.3 is 0 Å². The Labute approximate surface area is 114 Å². The van der Waals surface area contributed by atoms with Gasteiger partial charge in [0.2, 0.25) is 0 Å². The molecule has 2 aliphatic carbocycles. The van der Waals surface area contributed by atoms with Crippen LogP contribution in [0.2, 0.25) is 5.15 Å². The highest BCUT2D eigenvalue weighted by Gasteiger charge is 2.41. The lowest BCUT2D eigenvalue weighted by Gasteiger charge is -2.17. The van der Waals surface area contributed by atoms with Crippen LogP contribution in [0.4, 0.5) is 5.82 Å². The van der Waals surface area contributed by atoms with E-state index in [1.165, 1.54) is 32.0 Å². The third kappa shape index (κ3) is 2.74. The summed E-state index contributed by atoms with van der Waals surface area (Å²) in [6, 6.07) is 0. The first-order chi connectivity index (χ1) is 8.25. The van der Waals surface area contributed by atoms with Gasteiger partial charge in [-0.2, -0.15) is 0 Å². The van der Waals surface area contributed by atoms with Crippen molar-refractivity contribution in [3.63, 3.8) is 0 Å². The highest BCUT2D eigenvalue weighted by molar-refractivity contribution is 9.10. The molecule has 0 radical (unpaired) electrons. The molecule has 92 valence electrons. The van der Waals surface area contributed by atoms with Crippen molar-refractivity contribution in [3.05, 3.63) is 16.0 Å². The average Bonchev–Trinajstić information content (AvgIpc) is 3.14. The lowest BCUT2D eigenvalue weighted by Crippen LogP contribution is -2.19. The van der Waals surface area contributed by atoms with Gasteiger partial charge in [-0.3, -0.25) is 0 Å². The molecule has 0 saturated heterocycles. The standard InChI is InChI=1S/C12H15BrClN3/c13-10-11(14)16-6-17-12(10)15-5-9(7-1-2-7)8-3-4-8/h6-9H,1-5H2,(H,15,16,17). The molecule has 0 amide bonds. The van der Waals surface area contributed by atoms with Crippen LogP contribution < -0.4 is 5.32 Å². The lowest BCUT2D eigenvalue weighted by molar-refractivity contribution is 0.427. The maximum absolute atomic E-state index is 5.94. The van der Waals surface area contributed by atoms with E-state index < -0.39 is 0 Å². The van der Waals surface area contributed by atoms with E-state index in [2.05, 4.69) is 31.2 Å². The maximum Gasteiger partial charge on any atom is 0.148 e. The van der Waals surface area contributed by atoms with Crippen molar-refractivity contribution in [2.45, 2.75) is 25.7 Å². The first-order valence-electron chi connectivity index (χ1n) is 6.15. The molecule has 5 heteroatoms. The zero-order valence-corrected chi connectivity index (χ0v) is 11.8. The van der Waals surface area contributed by atoms with Crippen molar-refractivity contribution in [1.82, 2.24) is 9.97 Å². The van der Waals surface area contributed by atoms with E-state index >= 15 is 0 Å². The van der Waals surface area contributed by atoms with Gasteiger partial charge in [0.05, 0.1) is 4.47 Å². The number of halogens is 2. The van der Waals surface area contributed by atoms with Crippen LogP contribution in [-0.4, -0.2) is 16.5 Å². The van der Waals surface area contributed by atoms with Crippen LogP contribution in [0.1, 0.15) is 25.7 Å². The molecule has 0 aromatic carbocycles. The minimum atomic E-state index is 0.469. The maximum atomic E-state index is 5.94. The molecule has 0 bridgehead atoms. The van der Waals surface area contributed by atoms with Gasteiger partial charge < -0.3 is 5.32 Å². The second-order valence-corrected chi connectivity index (χ2v) is 6.20. The largest absolute Gasteiger partial charge is 0.369 e. The molecule has 1 heterocycles. The Morgan fingerprint density at radius 3 is 2.53 bits per heavy atom. The Bertz CT molecular complexity index is 406. The first-order valence-corrected chi connectivity index (χ1v) is 7.32. The van der Waals surface area contributed by atoms with Crippen LogP contribution in [0.5, 0.6) is 0 Å². The summed E-state index contributed by atoms with van der Waals surface area (Å²) in [7, 11) is 0. The molecule has 0 spiro atoms. The fraction of sp³-hybridized carbons (Fsp3) is 0.667. The SMILES string of the molecule is Clc1ncnc(NCC(C2CC2)C2CC2)c1Br. The van der Waals surface area contributed by atoms with Gasteiger partial charge in [0.1, 0.15) is 17.3 Å². The van der Waals surface area contributed by atoms with Gasteiger partial charge in [0, 0.05) is 6.54 Å². The summed E-state index contributed by atoms with van der Waals surface area (Å²) < 4.78 is 0.770. The number of nitrogens with zero attached hydrogens (tertiary/aromatic N) is 2. The highest BCUT2D eigenvalue weighted by atomic mass is 79.9. The Kier molecular flexibility index (Phi) is 3.26. The van der Waals surface area contributed by atoms with Gasteiger partial charge in [-0.05, 0) is 59.4 Å². The number of hydrogen-bond donors (Lipinski definition) is 1. The minimum absolute atomic E-state index is 0.469. The van der Waals surface area contributed by atoms with E-state index in [0.29, 0.717) is 5.15 Å². The van der Waals surface area contributed by atoms with Gasteiger partial charge in [0.25, 0.3) is 0 Å². The summed E-state index contributed by atoms with van der Waals surface area (Å²) in [4.78, 5) is 8.15. The van der Waals surface area contributed by atoms with Crippen molar-refractivity contribution in [2.75, 3.05) is 11.9 Å². The molecular weight excluding hydrogens is 302 g/mol. The monoisotopic (exact) mass is 315 g/mol. The summed E-state index contributed by atoms with van der Waals surface area (Å²) >= 11 is 9.36. The Balaban J connectivity index is 1.64. The highest BCUT2D eigenvalue weighted by Crippen LogP contribution is 2.49. The van der Waals surface area contributed by atoms with Crippen molar-refractivity contribution >= 4 is 33.3 Å². The molecule has 2 fully saturated rings. The van der Waals surface area contributed by atoms with Crippen LogP contribution in [-0.2, 0) is 0 Å². The second kappa shape index (κ2) is 4.73. The minimum Gasteiger partial charge on any atom is -0.369 e. The zero-order chi connectivity index (χ0) is 11.8. The third-order valence-electron chi connectivity index (χ3n) is 3.71. The van der Waals surface area contributed by atoms with Crippen LogP contribution in [0, 0.1) is 17.8 Å². The topological polar surface area (TPSA) is 37.8 Å². The van der Waals surface area contributed by atoms with Crippen molar-refractivity contribution in [3.8, 4) is 0 Å². The Morgan fingerprint density at radius 1 is 1.29 bits per heavy atom. The molecule has 2 aliphatic rings. The predicted molar refractivity (Wildman–Crippen MR) is 72.2 cm³/mol. The van der Waals surface area contributed by atoms with E-state index in [1.54, 1.807) is 0 Å². The zero-order valence-electron chi connectivity index (χ0n) is 9.50. The first kappa shape index (κ1) is 11.7. The predicted octanol–water partition coefficient (Wildman–Crippen LogP) is 3.74. The van der Waals surface area contributed by atoms with E-state index in [0.717, 1.165) is 34.6 Å². The summed E-state index contributed by atoms with van der Waals surface area (Å²) in [5, 5.41) is 3.88.